The summed E-state index contributed by atoms with van der Waals surface area (Å²) in [6.07, 6.45) is 2.02. The molecule has 3 rings (SSSR count). The highest BCUT2D eigenvalue weighted by Crippen LogP contribution is 2.30. The average molecular weight is 329 g/mol. The number of anilines is 1. The van der Waals surface area contributed by atoms with E-state index in [0.29, 0.717) is 24.5 Å². The first-order valence-electron chi connectivity index (χ1n) is 7.69. The lowest BCUT2D eigenvalue weighted by Gasteiger charge is -2.20. The Bertz CT molecular complexity index is 786. The van der Waals surface area contributed by atoms with Crippen LogP contribution in [0.25, 0.3) is 11.5 Å². The van der Waals surface area contributed by atoms with E-state index in [0.717, 1.165) is 11.3 Å². The number of nitrogens with zero attached hydrogens (tertiary/aromatic N) is 2. The molecule has 0 radical (unpaired) electrons. The summed E-state index contributed by atoms with van der Waals surface area (Å²) in [5.41, 5.74) is 1.27. The molecule has 1 aliphatic heterocycles. The number of nitrogens with one attached hydrogen (secondary N) is 1. The molecule has 1 aromatic carbocycles. The number of benzene rings is 1. The van der Waals surface area contributed by atoms with Crippen LogP contribution in [0.5, 0.6) is 0 Å². The highest BCUT2D eigenvalue weighted by molar-refractivity contribution is 5.91. The molecule has 2 aromatic rings. The summed E-state index contributed by atoms with van der Waals surface area (Å²) in [5.74, 6) is -0.387. The van der Waals surface area contributed by atoms with Gasteiger partial charge in [-0.15, -0.1) is 0 Å². The normalized spacial score (nSPS) is 20.2. The van der Waals surface area contributed by atoms with Gasteiger partial charge in [-0.05, 0) is 38.5 Å². The topological polar surface area (TPSA) is 95.7 Å². The largest absolute Gasteiger partial charge is 0.481 e. The number of hydrogen-bond donors (Lipinski definition) is 2. The Balaban J connectivity index is 1.70. The predicted octanol–water partition coefficient (Wildman–Crippen LogP) is 2.98. The third-order valence-electron chi connectivity index (χ3n) is 4.26. The first-order valence-corrected chi connectivity index (χ1v) is 7.69. The standard InChI is InChI=1S/C17H19N3O4/c1-11-9-24-14(18-11)12-4-3-5-13(8-12)19-16(23)20-7-6-17(2,10-20)15(21)22/h3-5,8-9H,6-7,10H2,1-2H3,(H,19,23)(H,21,22). The molecule has 126 valence electrons. The number of oxazole rings is 1. The predicted molar refractivity (Wildman–Crippen MR) is 87.6 cm³/mol. The Morgan fingerprint density at radius 2 is 2.21 bits per heavy atom. The molecule has 0 aliphatic carbocycles. The molecule has 7 nitrogen and oxygen atoms in total. The van der Waals surface area contributed by atoms with Crippen molar-refractivity contribution < 1.29 is 19.1 Å². The number of amides is 2. The zero-order chi connectivity index (χ0) is 17.3. The van der Waals surface area contributed by atoms with E-state index in [9.17, 15) is 14.7 Å². The molecule has 1 fully saturated rings. The van der Waals surface area contributed by atoms with Crippen molar-refractivity contribution in [3.05, 3.63) is 36.2 Å². The highest BCUT2D eigenvalue weighted by Gasteiger charge is 2.42. The van der Waals surface area contributed by atoms with Crippen molar-refractivity contribution in [2.24, 2.45) is 5.41 Å². The summed E-state index contributed by atoms with van der Waals surface area (Å²) >= 11 is 0. The Hall–Kier alpha value is -2.83. The second-order valence-corrected chi connectivity index (χ2v) is 6.34. The van der Waals surface area contributed by atoms with Crippen molar-refractivity contribution in [2.45, 2.75) is 20.3 Å². The van der Waals surface area contributed by atoms with Gasteiger partial charge in [0.1, 0.15) is 6.26 Å². The van der Waals surface area contributed by atoms with Crippen LogP contribution in [0.15, 0.2) is 34.9 Å². The van der Waals surface area contributed by atoms with E-state index in [1.54, 1.807) is 31.4 Å². The number of carbonyl (C=O) groups is 2. The lowest BCUT2D eigenvalue weighted by molar-refractivity contribution is -0.146. The van der Waals surface area contributed by atoms with Crippen molar-refractivity contribution in [1.82, 2.24) is 9.88 Å². The molecule has 2 heterocycles. The average Bonchev–Trinajstić information content (AvgIpc) is 3.15. The quantitative estimate of drug-likeness (QED) is 0.902. The van der Waals surface area contributed by atoms with Gasteiger partial charge in [0.05, 0.1) is 11.1 Å². The van der Waals surface area contributed by atoms with Gasteiger partial charge >= 0.3 is 12.0 Å². The second kappa shape index (κ2) is 5.99. The number of likely N-dealkylation sites (tertiary alicyclic amines) is 1. The molecule has 0 saturated carbocycles. The van der Waals surface area contributed by atoms with Gasteiger partial charge in [0.25, 0.3) is 0 Å². The summed E-state index contributed by atoms with van der Waals surface area (Å²) in [7, 11) is 0. The van der Waals surface area contributed by atoms with Gasteiger partial charge in [0.15, 0.2) is 0 Å². The van der Waals surface area contributed by atoms with Crippen LogP contribution in [0, 0.1) is 12.3 Å². The number of aryl methyl sites for hydroxylation is 1. The van der Waals surface area contributed by atoms with Crippen molar-refractivity contribution in [2.75, 3.05) is 18.4 Å². The van der Waals surface area contributed by atoms with Crippen LogP contribution < -0.4 is 5.32 Å². The van der Waals surface area contributed by atoms with Crippen LogP contribution in [-0.4, -0.2) is 40.1 Å². The van der Waals surface area contributed by atoms with Crippen molar-refractivity contribution in [3.63, 3.8) is 0 Å². The van der Waals surface area contributed by atoms with Crippen LogP contribution in [0.2, 0.25) is 0 Å². The highest BCUT2D eigenvalue weighted by atomic mass is 16.4. The number of carbonyl (C=O) groups excluding carboxylic acids is 1. The van der Waals surface area contributed by atoms with Gasteiger partial charge in [0, 0.05) is 24.3 Å². The second-order valence-electron chi connectivity index (χ2n) is 6.34. The van der Waals surface area contributed by atoms with E-state index < -0.39 is 11.4 Å². The molecule has 1 unspecified atom stereocenters. The molecule has 2 amide bonds. The molecule has 0 bridgehead atoms. The number of aromatic nitrogens is 1. The van der Waals surface area contributed by atoms with Gasteiger partial charge in [0.2, 0.25) is 5.89 Å². The third-order valence-corrected chi connectivity index (χ3v) is 4.26. The molecule has 7 heteroatoms. The number of rotatable bonds is 3. The fourth-order valence-electron chi connectivity index (χ4n) is 2.73. The minimum Gasteiger partial charge on any atom is -0.481 e. The van der Waals surface area contributed by atoms with Gasteiger partial charge in [-0.25, -0.2) is 9.78 Å². The lowest BCUT2D eigenvalue weighted by Crippen LogP contribution is -2.37. The van der Waals surface area contributed by atoms with Crippen LogP contribution in [0.4, 0.5) is 10.5 Å². The maximum atomic E-state index is 12.4. The van der Waals surface area contributed by atoms with E-state index in [1.807, 2.05) is 13.0 Å². The monoisotopic (exact) mass is 329 g/mol. The zero-order valence-corrected chi connectivity index (χ0v) is 13.6. The van der Waals surface area contributed by atoms with Crippen LogP contribution in [-0.2, 0) is 4.79 Å². The first kappa shape index (κ1) is 16.0. The molecule has 1 aliphatic rings. The van der Waals surface area contributed by atoms with Crippen LogP contribution in [0.3, 0.4) is 0 Å². The maximum absolute atomic E-state index is 12.4. The van der Waals surface area contributed by atoms with Crippen molar-refractivity contribution in [3.8, 4) is 11.5 Å². The molecular formula is C17H19N3O4. The number of aliphatic carboxylic acids is 1. The molecule has 2 N–H and O–H groups in total. The van der Waals surface area contributed by atoms with E-state index in [4.69, 9.17) is 4.42 Å². The van der Waals surface area contributed by atoms with Crippen molar-refractivity contribution in [1.29, 1.82) is 0 Å². The molecular weight excluding hydrogens is 310 g/mol. The Kier molecular flexibility index (Phi) is 4.01. The summed E-state index contributed by atoms with van der Waals surface area (Å²) in [6.45, 7) is 4.12. The summed E-state index contributed by atoms with van der Waals surface area (Å²) < 4.78 is 5.36. The summed E-state index contributed by atoms with van der Waals surface area (Å²) in [4.78, 5) is 29.4. The third kappa shape index (κ3) is 3.10. The van der Waals surface area contributed by atoms with Gasteiger partial charge in [-0.2, -0.15) is 0 Å². The van der Waals surface area contributed by atoms with Crippen molar-refractivity contribution >= 4 is 17.7 Å². The summed E-state index contributed by atoms with van der Waals surface area (Å²) in [5, 5.41) is 12.1. The van der Waals surface area contributed by atoms with Gasteiger partial charge < -0.3 is 19.7 Å². The summed E-state index contributed by atoms with van der Waals surface area (Å²) in [6, 6.07) is 6.88. The number of carboxylic acids is 1. The molecule has 1 atom stereocenters. The number of carboxylic acid groups (broad SMARTS) is 1. The minimum absolute atomic E-state index is 0.201. The smallest absolute Gasteiger partial charge is 0.321 e. The Labute approximate surface area is 139 Å². The Morgan fingerprint density at radius 1 is 1.42 bits per heavy atom. The fourth-order valence-corrected chi connectivity index (χ4v) is 2.73. The zero-order valence-electron chi connectivity index (χ0n) is 13.6. The number of hydrogen-bond acceptors (Lipinski definition) is 4. The van der Waals surface area contributed by atoms with E-state index >= 15 is 0 Å². The molecule has 24 heavy (non-hydrogen) atoms. The van der Waals surface area contributed by atoms with Gasteiger partial charge in [-0.1, -0.05) is 6.07 Å². The minimum atomic E-state index is -0.880. The maximum Gasteiger partial charge on any atom is 0.321 e. The van der Waals surface area contributed by atoms with Gasteiger partial charge in [-0.3, -0.25) is 4.79 Å². The Morgan fingerprint density at radius 3 is 2.83 bits per heavy atom. The van der Waals surface area contributed by atoms with Crippen LogP contribution in [0.1, 0.15) is 19.0 Å². The first-order chi connectivity index (χ1) is 11.4. The van der Waals surface area contributed by atoms with E-state index in [-0.39, 0.29) is 12.6 Å². The number of urea groups is 1. The molecule has 1 saturated heterocycles. The van der Waals surface area contributed by atoms with E-state index in [2.05, 4.69) is 10.3 Å². The molecule has 0 spiro atoms. The van der Waals surface area contributed by atoms with E-state index in [1.165, 1.54) is 4.90 Å². The van der Waals surface area contributed by atoms with Crippen LogP contribution >= 0.6 is 0 Å². The lowest BCUT2D eigenvalue weighted by atomic mass is 9.90. The fraction of sp³-hybridized carbons (Fsp3) is 0.353. The SMILES string of the molecule is Cc1coc(-c2cccc(NC(=O)N3CCC(C)(C(=O)O)C3)c2)n1. The molecule has 1 aromatic heterocycles.